The van der Waals surface area contributed by atoms with Gasteiger partial charge in [0, 0.05) is 29.5 Å². The fourth-order valence-electron chi connectivity index (χ4n) is 1.31. The first-order valence-corrected chi connectivity index (χ1v) is 8.03. The van der Waals surface area contributed by atoms with E-state index in [2.05, 4.69) is 44.8 Å². The van der Waals surface area contributed by atoms with Crippen LogP contribution in [0.4, 0.5) is 0 Å². The van der Waals surface area contributed by atoms with Gasteiger partial charge < -0.3 is 5.32 Å². The molecule has 2 N–H and O–H groups in total. The van der Waals surface area contributed by atoms with Crippen LogP contribution in [0.1, 0.15) is 20.3 Å². The van der Waals surface area contributed by atoms with Crippen LogP contribution in [0.3, 0.4) is 0 Å². The standard InChI is InChI=1S/C11H18BrN3O2S/c1-9(2)14-4-3-5-15-18(16,17)11-6-10(12)7-13-8-11/h6-9,14-15H,3-5H2,1-2H3. The minimum Gasteiger partial charge on any atom is -0.314 e. The van der Waals surface area contributed by atoms with E-state index in [0.717, 1.165) is 13.0 Å². The molecule has 1 aromatic rings. The smallest absolute Gasteiger partial charge is 0.242 e. The van der Waals surface area contributed by atoms with Gasteiger partial charge in [-0.3, -0.25) is 4.98 Å². The van der Waals surface area contributed by atoms with Gasteiger partial charge in [0.1, 0.15) is 4.90 Å². The summed E-state index contributed by atoms with van der Waals surface area (Å²) in [6.45, 7) is 5.31. The zero-order valence-corrected chi connectivity index (χ0v) is 12.9. The number of halogens is 1. The third-order valence-electron chi connectivity index (χ3n) is 2.19. The van der Waals surface area contributed by atoms with Gasteiger partial charge in [-0.2, -0.15) is 0 Å². The molecule has 0 amide bonds. The zero-order chi connectivity index (χ0) is 13.6. The van der Waals surface area contributed by atoms with E-state index in [0.29, 0.717) is 17.1 Å². The van der Waals surface area contributed by atoms with E-state index in [1.165, 1.54) is 12.3 Å². The first kappa shape index (κ1) is 15.6. The van der Waals surface area contributed by atoms with Crippen molar-refractivity contribution in [2.24, 2.45) is 0 Å². The van der Waals surface area contributed by atoms with Crippen molar-refractivity contribution in [3.05, 3.63) is 22.9 Å². The molecule has 7 heteroatoms. The number of nitrogens with one attached hydrogen (secondary N) is 2. The molecule has 1 heterocycles. The van der Waals surface area contributed by atoms with E-state index in [9.17, 15) is 8.42 Å². The Morgan fingerprint density at radius 3 is 2.67 bits per heavy atom. The highest BCUT2D eigenvalue weighted by Gasteiger charge is 2.13. The molecule has 18 heavy (non-hydrogen) atoms. The molecule has 0 bridgehead atoms. The maximum absolute atomic E-state index is 11.9. The second-order valence-corrected chi connectivity index (χ2v) is 6.88. The molecule has 0 saturated carbocycles. The van der Waals surface area contributed by atoms with Gasteiger partial charge in [-0.05, 0) is 35.0 Å². The number of nitrogens with zero attached hydrogens (tertiary/aromatic N) is 1. The second-order valence-electron chi connectivity index (χ2n) is 4.20. The Labute approximate surface area is 117 Å². The number of sulfonamides is 1. The molecule has 5 nitrogen and oxygen atoms in total. The van der Waals surface area contributed by atoms with Gasteiger partial charge in [-0.15, -0.1) is 0 Å². The Morgan fingerprint density at radius 2 is 2.06 bits per heavy atom. The molecule has 0 aliphatic rings. The van der Waals surface area contributed by atoms with Gasteiger partial charge in [0.2, 0.25) is 10.0 Å². The van der Waals surface area contributed by atoms with Gasteiger partial charge in [0.15, 0.2) is 0 Å². The van der Waals surface area contributed by atoms with Crippen molar-refractivity contribution in [1.29, 1.82) is 0 Å². The number of aromatic nitrogens is 1. The van der Waals surface area contributed by atoms with Crippen molar-refractivity contribution in [3.63, 3.8) is 0 Å². The number of hydrogen-bond acceptors (Lipinski definition) is 4. The monoisotopic (exact) mass is 335 g/mol. The molecule has 0 aliphatic heterocycles. The van der Waals surface area contributed by atoms with Crippen LogP contribution < -0.4 is 10.0 Å². The normalized spacial score (nSPS) is 12.0. The molecule has 0 saturated heterocycles. The Hall–Kier alpha value is -0.500. The van der Waals surface area contributed by atoms with Crippen LogP contribution >= 0.6 is 15.9 Å². The predicted molar refractivity (Wildman–Crippen MR) is 74.9 cm³/mol. The van der Waals surface area contributed by atoms with E-state index in [1.54, 1.807) is 6.20 Å². The van der Waals surface area contributed by atoms with Crippen molar-refractivity contribution in [3.8, 4) is 0 Å². The summed E-state index contributed by atoms with van der Waals surface area (Å²) in [5.41, 5.74) is 0. The fraction of sp³-hybridized carbons (Fsp3) is 0.545. The van der Waals surface area contributed by atoms with Crippen molar-refractivity contribution in [1.82, 2.24) is 15.0 Å². The molecule has 0 radical (unpaired) electrons. The first-order chi connectivity index (χ1) is 8.42. The molecular formula is C11H18BrN3O2S. The van der Waals surface area contributed by atoms with Crippen molar-refractivity contribution >= 4 is 26.0 Å². The largest absolute Gasteiger partial charge is 0.314 e. The Kier molecular flexibility index (Phi) is 6.20. The lowest BCUT2D eigenvalue weighted by Crippen LogP contribution is -2.29. The number of pyridine rings is 1. The van der Waals surface area contributed by atoms with E-state index in [4.69, 9.17) is 0 Å². The van der Waals surface area contributed by atoms with Gasteiger partial charge in [-0.25, -0.2) is 13.1 Å². The van der Waals surface area contributed by atoms with Crippen LogP contribution in [0.15, 0.2) is 27.8 Å². The quantitative estimate of drug-likeness (QED) is 0.741. The summed E-state index contributed by atoms with van der Waals surface area (Å²) in [4.78, 5) is 4.01. The summed E-state index contributed by atoms with van der Waals surface area (Å²) in [5.74, 6) is 0. The fourth-order valence-corrected chi connectivity index (χ4v) is 2.89. The highest BCUT2D eigenvalue weighted by molar-refractivity contribution is 9.10. The van der Waals surface area contributed by atoms with Crippen LogP contribution in [0.2, 0.25) is 0 Å². The Morgan fingerprint density at radius 1 is 1.33 bits per heavy atom. The summed E-state index contributed by atoms with van der Waals surface area (Å²) in [5, 5.41) is 3.23. The average Bonchev–Trinajstić information content (AvgIpc) is 2.28. The van der Waals surface area contributed by atoms with E-state index in [1.807, 2.05) is 0 Å². The van der Waals surface area contributed by atoms with E-state index >= 15 is 0 Å². The molecule has 0 spiro atoms. The molecular weight excluding hydrogens is 318 g/mol. The molecule has 102 valence electrons. The second kappa shape index (κ2) is 7.18. The predicted octanol–water partition coefficient (Wildman–Crippen LogP) is 1.51. The first-order valence-electron chi connectivity index (χ1n) is 5.75. The van der Waals surface area contributed by atoms with Crippen molar-refractivity contribution in [2.45, 2.75) is 31.2 Å². The average molecular weight is 336 g/mol. The highest BCUT2D eigenvalue weighted by Crippen LogP contribution is 2.13. The molecule has 0 fully saturated rings. The van der Waals surface area contributed by atoms with Gasteiger partial charge in [0.25, 0.3) is 0 Å². The summed E-state index contributed by atoms with van der Waals surface area (Å²) < 4.78 is 27.0. The third-order valence-corrected chi connectivity index (χ3v) is 4.05. The minimum atomic E-state index is -3.45. The van der Waals surface area contributed by atoms with Gasteiger partial charge >= 0.3 is 0 Å². The van der Waals surface area contributed by atoms with Crippen LogP contribution in [0.5, 0.6) is 0 Å². The topological polar surface area (TPSA) is 71.1 Å². The van der Waals surface area contributed by atoms with E-state index in [-0.39, 0.29) is 4.90 Å². The summed E-state index contributed by atoms with van der Waals surface area (Å²) in [7, 11) is -3.45. The van der Waals surface area contributed by atoms with Crippen LogP contribution in [0, 0.1) is 0 Å². The lowest BCUT2D eigenvalue weighted by atomic mass is 10.3. The maximum atomic E-state index is 11.9. The van der Waals surface area contributed by atoms with Gasteiger partial charge in [0.05, 0.1) is 0 Å². The third kappa shape index (κ3) is 5.43. The van der Waals surface area contributed by atoms with E-state index < -0.39 is 10.0 Å². The highest BCUT2D eigenvalue weighted by atomic mass is 79.9. The molecule has 1 aromatic heterocycles. The number of rotatable bonds is 7. The maximum Gasteiger partial charge on any atom is 0.242 e. The minimum absolute atomic E-state index is 0.175. The molecule has 0 aromatic carbocycles. The van der Waals surface area contributed by atoms with Crippen LogP contribution in [-0.2, 0) is 10.0 Å². The van der Waals surface area contributed by atoms with Gasteiger partial charge in [-0.1, -0.05) is 13.8 Å². The molecule has 0 unspecified atom stereocenters. The van der Waals surface area contributed by atoms with Crippen LogP contribution in [-0.4, -0.2) is 32.5 Å². The Balaban J connectivity index is 2.46. The number of hydrogen-bond donors (Lipinski definition) is 2. The summed E-state index contributed by atoms with van der Waals surface area (Å²) in [6.07, 6.45) is 3.63. The van der Waals surface area contributed by atoms with Crippen molar-refractivity contribution < 1.29 is 8.42 Å². The zero-order valence-electron chi connectivity index (χ0n) is 10.5. The SMILES string of the molecule is CC(C)NCCCNS(=O)(=O)c1cncc(Br)c1. The summed E-state index contributed by atoms with van der Waals surface area (Å²) in [6, 6.07) is 1.94. The lowest BCUT2D eigenvalue weighted by molar-refractivity contribution is 0.554. The lowest BCUT2D eigenvalue weighted by Gasteiger charge is -2.09. The molecule has 0 atom stereocenters. The summed E-state index contributed by atoms with van der Waals surface area (Å²) >= 11 is 3.20. The van der Waals surface area contributed by atoms with Crippen LogP contribution in [0.25, 0.3) is 0 Å². The Bertz CT molecular complexity index is 477. The molecule has 0 aliphatic carbocycles. The van der Waals surface area contributed by atoms with Crippen molar-refractivity contribution in [2.75, 3.05) is 13.1 Å². The molecule has 1 rings (SSSR count).